The molecule has 10 heteroatoms. The summed E-state index contributed by atoms with van der Waals surface area (Å²) in [6.45, 7) is 0. The highest BCUT2D eigenvalue weighted by molar-refractivity contribution is 7.98. The fourth-order valence-corrected chi connectivity index (χ4v) is 3.67. The molecule has 1 aliphatic rings. The van der Waals surface area contributed by atoms with Gasteiger partial charge in [-0.1, -0.05) is 35.0 Å². The Labute approximate surface area is 162 Å². The van der Waals surface area contributed by atoms with Crippen molar-refractivity contribution in [2.24, 2.45) is 18.1 Å². The monoisotopic (exact) mass is 417 g/mol. The summed E-state index contributed by atoms with van der Waals surface area (Å²) in [6.07, 6.45) is -2.34. The van der Waals surface area contributed by atoms with Gasteiger partial charge in [0.15, 0.2) is 5.69 Å². The Morgan fingerprint density at radius 3 is 2.78 bits per heavy atom. The molecule has 1 saturated carbocycles. The van der Waals surface area contributed by atoms with Crippen LogP contribution in [0.25, 0.3) is 0 Å². The van der Waals surface area contributed by atoms with Gasteiger partial charge in [-0.2, -0.15) is 18.3 Å². The summed E-state index contributed by atoms with van der Waals surface area (Å²) in [5.74, 6) is -0.389. The first-order chi connectivity index (χ1) is 12.8. The van der Waals surface area contributed by atoms with E-state index in [1.54, 1.807) is 24.3 Å². The first-order valence-electron chi connectivity index (χ1n) is 8.02. The Kier molecular flexibility index (Phi) is 5.81. The maximum Gasteiger partial charge on any atom is 0.435 e. The quantitative estimate of drug-likeness (QED) is 0.296. The van der Waals surface area contributed by atoms with E-state index < -0.39 is 17.8 Å². The van der Waals surface area contributed by atoms with Crippen molar-refractivity contribution in [1.29, 1.82) is 0 Å². The molecule has 0 unspecified atom stereocenters. The number of hydrogen-bond acceptors (Lipinski definition) is 5. The average Bonchev–Trinajstić information content (AvgIpc) is 3.39. The summed E-state index contributed by atoms with van der Waals surface area (Å²) < 4.78 is 41.1. The second-order valence-corrected chi connectivity index (χ2v) is 7.36. The predicted octanol–water partition coefficient (Wildman–Crippen LogP) is 4.67. The highest BCUT2D eigenvalue weighted by atomic mass is 35.5. The van der Waals surface area contributed by atoms with Crippen LogP contribution in [-0.2, 0) is 28.6 Å². The number of carbonyl (C=O) groups excluding carboxylic acids is 1. The molecule has 27 heavy (non-hydrogen) atoms. The molecule has 0 amide bonds. The third-order valence-corrected chi connectivity index (χ3v) is 5.44. The number of halogens is 4. The lowest BCUT2D eigenvalue weighted by molar-refractivity contribution is -0.145. The minimum atomic E-state index is -4.66. The molecule has 144 valence electrons. The van der Waals surface area contributed by atoms with Crippen LogP contribution in [0.15, 0.2) is 34.4 Å². The Morgan fingerprint density at radius 1 is 1.44 bits per heavy atom. The van der Waals surface area contributed by atoms with Crippen LogP contribution in [0.3, 0.4) is 0 Å². The summed E-state index contributed by atoms with van der Waals surface area (Å²) in [6, 6.07) is 7.07. The number of thioether (sulfide) groups is 1. The molecular formula is C17H15ClF3N3O2S. The second-order valence-electron chi connectivity index (χ2n) is 5.99. The molecule has 3 rings (SSSR count). The van der Waals surface area contributed by atoms with Gasteiger partial charge in [0.05, 0.1) is 17.7 Å². The van der Waals surface area contributed by atoms with E-state index in [2.05, 4.69) is 15.1 Å². The summed E-state index contributed by atoms with van der Waals surface area (Å²) in [5, 5.41) is 7.79. The van der Waals surface area contributed by atoms with E-state index in [1.807, 2.05) is 0 Å². The van der Waals surface area contributed by atoms with Crippen LogP contribution in [0, 0.1) is 5.92 Å². The minimum absolute atomic E-state index is 0.202. The number of nitrogens with zero attached hydrogens (tertiary/aromatic N) is 3. The molecular weight excluding hydrogens is 403 g/mol. The zero-order valence-electron chi connectivity index (χ0n) is 14.2. The van der Waals surface area contributed by atoms with E-state index in [0.29, 0.717) is 23.6 Å². The Balaban J connectivity index is 1.85. The molecule has 1 aromatic carbocycles. The summed E-state index contributed by atoms with van der Waals surface area (Å²) in [4.78, 5) is 16.2. The van der Waals surface area contributed by atoms with Crippen LogP contribution in [0.4, 0.5) is 13.2 Å². The lowest BCUT2D eigenvalue weighted by Gasteiger charge is -2.06. The lowest BCUT2D eigenvalue weighted by atomic mass is 10.2. The van der Waals surface area contributed by atoms with Gasteiger partial charge < -0.3 is 4.84 Å². The zero-order valence-corrected chi connectivity index (χ0v) is 15.7. The van der Waals surface area contributed by atoms with Crippen LogP contribution >= 0.6 is 23.4 Å². The van der Waals surface area contributed by atoms with Crippen molar-refractivity contribution in [2.75, 3.05) is 0 Å². The SMILES string of the molecule is Cn1nc(C(F)(F)F)c(C=NOC(=O)C2CC2)c1SCc1ccccc1Cl. The molecule has 0 atom stereocenters. The molecule has 0 aliphatic heterocycles. The molecule has 0 N–H and O–H groups in total. The zero-order chi connectivity index (χ0) is 19.6. The van der Waals surface area contributed by atoms with Crippen molar-refractivity contribution in [3.8, 4) is 0 Å². The van der Waals surface area contributed by atoms with E-state index >= 15 is 0 Å². The first-order valence-corrected chi connectivity index (χ1v) is 9.38. The summed E-state index contributed by atoms with van der Waals surface area (Å²) in [7, 11) is 1.41. The maximum atomic E-state index is 13.3. The first kappa shape index (κ1) is 19.8. The smallest absolute Gasteiger partial charge is 0.318 e. The fourth-order valence-electron chi connectivity index (χ4n) is 2.31. The number of aryl methyl sites for hydroxylation is 1. The number of aromatic nitrogens is 2. The van der Waals surface area contributed by atoms with Crippen LogP contribution in [0.5, 0.6) is 0 Å². The van der Waals surface area contributed by atoms with Crippen LogP contribution in [0.2, 0.25) is 5.02 Å². The van der Waals surface area contributed by atoms with Gasteiger partial charge in [0.25, 0.3) is 0 Å². The number of alkyl halides is 3. The van der Waals surface area contributed by atoms with Gasteiger partial charge in [0.2, 0.25) is 0 Å². The molecule has 1 fully saturated rings. The van der Waals surface area contributed by atoms with E-state index in [1.165, 1.54) is 7.05 Å². The molecule has 5 nitrogen and oxygen atoms in total. The molecule has 0 spiro atoms. The van der Waals surface area contributed by atoms with Crippen molar-refractivity contribution in [1.82, 2.24) is 9.78 Å². The lowest BCUT2D eigenvalue weighted by Crippen LogP contribution is -2.09. The normalized spacial score (nSPS) is 14.7. The number of carbonyl (C=O) groups is 1. The summed E-state index contributed by atoms with van der Waals surface area (Å²) >= 11 is 7.24. The van der Waals surface area contributed by atoms with E-state index in [4.69, 9.17) is 11.6 Å². The van der Waals surface area contributed by atoms with Crippen LogP contribution < -0.4 is 0 Å². The third-order valence-electron chi connectivity index (χ3n) is 3.86. The highest BCUT2D eigenvalue weighted by Gasteiger charge is 2.39. The average molecular weight is 418 g/mol. The number of hydrogen-bond donors (Lipinski definition) is 0. The van der Waals surface area contributed by atoms with Gasteiger partial charge in [0.1, 0.15) is 5.03 Å². The second kappa shape index (κ2) is 7.93. The van der Waals surface area contributed by atoms with Crippen molar-refractivity contribution in [3.63, 3.8) is 0 Å². The van der Waals surface area contributed by atoms with Crippen LogP contribution in [0.1, 0.15) is 29.7 Å². The van der Waals surface area contributed by atoms with Gasteiger partial charge in [-0.25, -0.2) is 4.79 Å². The standard InChI is InChI=1S/C17H15ClF3N3O2S/c1-24-15(27-9-11-4-2-3-5-13(11)18)12(14(23-24)17(19,20)21)8-22-26-16(25)10-6-7-10/h2-5,8,10H,6-7,9H2,1H3. The highest BCUT2D eigenvalue weighted by Crippen LogP contribution is 2.36. The van der Waals surface area contributed by atoms with Crippen molar-refractivity contribution in [2.45, 2.75) is 29.8 Å². The van der Waals surface area contributed by atoms with Crippen molar-refractivity contribution >= 4 is 35.5 Å². The van der Waals surface area contributed by atoms with Crippen molar-refractivity contribution in [3.05, 3.63) is 46.1 Å². The van der Waals surface area contributed by atoms with E-state index in [-0.39, 0.29) is 16.5 Å². The summed E-state index contributed by atoms with van der Waals surface area (Å²) in [5.41, 5.74) is -0.550. The number of oxime groups is 1. The predicted molar refractivity (Wildman–Crippen MR) is 95.6 cm³/mol. The Morgan fingerprint density at radius 2 is 2.15 bits per heavy atom. The molecule has 0 saturated heterocycles. The molecule has 1 aliphatic carbocycles. The molecule has 0 radical (unpaired) electrons. The molecule has 0 bridgehead atoms. The van der Waals surface area contributed by atoms with E-state index in [0.717, 1.165) is 28.2 Å². The Bertz CT molecular complexity index is 879. The van der Waals surface area contributed by atoms with Gasteiger partial charge in [-0.15, -0.1) is 11.8 Å². The molecule has 2 aromatic rings. The maximum absolute atomic E-state index is 13.3. The third kappa shape index (κ3) is 4.84. The van der Waals surface area contributed by atoms with Gasteiger partial charge in [0, 0.05) is 17.8 Å². The molecule has 1 aromatic heterocycles. The topological polar surface area (TPSA) is 56.5 Å². The van der Waals surface area contributed by atoms with Gasteiger partial charge in [-0.3, -0.25) is 4.68 Å². The number of benzene rings is 1. The fraction of sp³-hybridized carbons (Fsp3) is 0.353. The molecule has 1 heterocycles. The minimum Gasteiger partial charge on any atom is -0.318 e. The Hall–Kier alpha value is -2.00. The van der Waals surface area contributed by atoms with Crippen LogP contribution in [-0.4, -0.2) is 22.0 Å². The van der Waals surface area contributed by atoms with Gasteiger partial charge >= 0.3 is 12.1 Å². The van der Waals surface area contributed by atoms with E-state index in [9.17, 15) is 18.0 Å². The van der Waals surface area contributed by atoms with Gasteiger partial charge in [-0.05, 0) is 24.5 Å². The van der Waals surface area contributed by atoms with Crippen molar-refractivity contribution < 1.29 is 22.8 Å². The number of rotatable bonds is 6. The largest absolute Gasteiger partial charge is 0.435 e.